The van der Waals surface area contributed by atoms with Gasteiger partial charge in [-0.25, -0.2) is 4.98 Å². The van der Waals surface area contributed by atoms with Gasteiger partial charge in [0, 0.05) is 32.1 Å². The van der Waals surface area contributed by atoms with Gasteiger partial charge in [-0.05, 0) is 79.1 Å². The van der Waals surface area contributed by atoms with Gasteiger partial charge in [0.2, 0.25) is 5.91 Å². The van der Waals surface area contributed by atoms with Crippen molar-refractivity contribution in [1.29, 1.82) is 0 Å². The van der Waals surface area contributed by atoms with E-state index < -0.39 is 17.1 Å². The average Bonchev–Trinajstić information content (AvgIpc) is 3.52. The zero-order chi connectivity index (χ0) is 33.3. The predicted octanol–water partition coefficient (Wildman–Crippen LogP) is 9.34. The molecule has 0 saturated carbocycles. The van der Waals surface area contributed by atoms with Crippen molar-refractivity contribution in [3.8, 4) is 11.3 Å². The predicted molar refractivity (Wildman–Crippen MR) is 194 cm³/mol. The van der Waals surface area contributed by atoms with E-state index in [0.717, 1.165) is 21.6 Å². The Labute approximate surface area is 291 Å². The first kappa shape index (κ1) is 33.9. The number of halogens is 2. The molecule has 3 amide bonds. The van der Waals surface area contributed by atoms with Gasteiger partial charge in [0.1, 0.15) is 5.70 Å². The zero-order valence-electron chi connectivity index (χ0n) is 25.4. The molecule has 11 heteroatoms. The second kappa shape index (κ2) is 15.9. The Hall–Kier alpha value is -4.41. The molecule has 238 valence electrons. The van der Waals surface area contributed by atoms with Crippen molar-refractivity contribution < 1.29 is 14.4 Å². The molecule has 5 rings (SSSR count). The van der Waals surface area contributed by atoms with Crippen LogP contribution >= 0.6 is 46.3 Å². The monoisotopic (exact) mass is 700 g/mol. The number of thiazole rings is 1. The molecule has 0 aliphatic carbocycles. The normalized spacial score (nSPS) is 11.9. The second-order valence-electron chi connectivity index (χ2n) is 10.4. The van der Waals surface area contributed by atoms with Crippen LogP contribution < -0.4 is 16.0 Å². The molecule has 0 aliphatic rings. The minimum absolute atomic E-state index is 0.0970. The second-order valence-corrected chi connectivity index (χ2v) is 13.4. The molecule has 1 aromatic heterocycles. The van der Waals surface area contributed by atoms with Gasteiger partial charge in [0.05, 0.1) is 16.0 Å². The quantitative estimate of drug-likeness (QED) is 0.0942. The van der Waals surface area contributed by atoms with E-state index in [2.05, 4.69) is 20.9 Å². The van der Waals surface area contributed by atoms with Crippen molar-refractivity contribution in [3.05, 3.63) is 135 Å². The lowest BCUT2D eigenvalue weighted by molar-refractivity contribution is -0.116. The van der Waals surface area contributed by atoms with Crippen LogP contribution in [0.5, 0.6) is 0 Å². The summed E-state index contributed by atoms with van der Waals surface area (Å²) in [5.74, 6) is -1.07. The summed E-state index contributed by atoms with van der Waals surface area (Å²) in [7, 11) is 0. The molecule has 7 nitrogen and oxygen atoms in total. The molecule has 47 heavy (non-hydrogen) atoms. The van der Waals surface area contributed by atoms with Crippen LogP contribution in [-0.4, -0.2) is 28.0 Å². The SMILES string of the molecule is CCC(Sc1cccc(NC(=O)/C(=C/c2ccccc2C)NC(=O)c2ccccc2)c1)C(=O)Nc1nc(-c2ccc(Cl)cc2Cl)cs1. The molecular formula is C36H30Cl2N4O3S2. The van der Waals surface area contributed by atoms with Crippen LogP contribution in [0.4, 0.5) is 10.8 Å². The Kier molecular flexibility index (Phi) is 11.5. The first-order valence-corrected chi connectivity index (χ1v) is 17.1. The fourth-order valence-corrected chi connectivity index (χ4v) is 6.75. The Morgan fingerprint density at radius 2 is 1.68 bits per heavy atom. The van der Waals surface area contributed by atoms with E-state index in [1.165, 1.54) is 23.1 Å². The summed E-state index contributed by atoms with van der Waals surface area (Å²) in [5, 5.41) is 11.5. The van der Waals surface area contributed by atoms with E-state index in [-0.39, 0.29) is 11.6 Å². The highest BCUT2D eigenvalue weighted by atomic mass is 35.5. The molecule has 1 atom stereocenters. The Bertz CT molecular complexity index is 1950. The fourth-order valence-electron chi connectivity index (χ4n) is 4.52. The summed E-state index contributed by atoms with van der Waals surface area (Å²) >= 11 is 15.0. The van der Waals surface area contributed by atoms with Crippen LogP contribution in [0.1, 0.15) is 34.8 Å². The molecular weight excluding hydrogens is 671 g/mol. The third-order valence-corrected chi connectivity index (χ3v) is 9.66. The maximum Gasteiger partial charge on any atom is 0.272 e. The first-order valence-electron chi connectivity index (χ1n) is 14.6. The molecule has 0 saturated heterocycles. The third-order valence-electron chi connectivity index (χ3n) is 6.99. The standard InChI is InChI=1S/C36H30Cl2N4O3S2/c1-3-32(35(45)42-36-41-31(21-46-36)28-17-16-25(37)19-29(28)38)47-27-15-9-14-26(20-27)39-34(44)30(18-24-13-8-7-10-22(24)2)40-33(43)23-11-5-4-6-12-23/h4-21,32H,3H2,1-2H3,(H,39,44)(H,40,43)(H,41,42,45)/b30-18-. The van der Waals surface area contributed by atoms with Crippen molar-refractivity contribution in [2.24, 2.45) is 0 Å². The van der Waals surface area contributed by atoms with Crippen LogP contribution in [-0.2, 0) is 9.59 Å². The summed E-state index contributed by atoms with van der Waals surface area (Å²) in [4.78, 5) is 45.1. The van der Waals surface area contributed by atoms with Crippen molar-refractivity contribution in [2.45, 2.75) is 30.4 Å². The number of rotatable bonds is 11. The molecule has 0 bridgehead atoms. The van der Waals surface area contributed by atoms with Crippen LogP contribution in [0.15, 0.2) is 113 Å². The highest BCUT2D eigenvalue weighted by Gasteiger charge is 2.21. The molecule has 0 spiro atoms. The summed E-state index contributed by atoms with van der Waals surface area (Å²) in [5.41, 5.74) is 4.18. The van der Waals surface area contributed by atoms with E-state index in [1.807, 2.05) is 55.6 Å². The molecule has 1 heterocycles. The number of amides is 3. The topological polar surface area (TPSA) is 100 Å². The third kappa shape index (κ3) is 9.11. The smallest absolute Gasteiger partial charge is 0.272 e. The van der Waals surface area contributed by atoms with E-state index in [9.17, 15) is 14.4 Å². The number of nitrogens with one attached hydrogen (secondary N) is 3. The molecule has 0 fully saturated rings. The van der Waals surface area contributed by atoms with Gasteiger partial charge in [-0.15, -0.1) is 23.1 Å². The first-order chi connectivity index (χ1) is 22.7. The van der Waals surface area contributed by atoms with E-state index in [1.54, 1.807) is 66.7 Å². The average molecular weight is 702 g/mol. The number of benzene rings is 4. The van der Waals surface area contributed by atoms with Crippen LogP contribution in [0.3, 0.4) is 0 Å². The number of carbonyl (C=O) groups is 3. The van der Waals surface area contributed by atoms with E-state index in [4.69, 9.17) is 23.2 Å². The maximum absolute atomic E-state index is 13.6. The van der Waals surface area contributed by atoms with Gasteiger partial charge in [-0.1, -0.05) is 78.7 Å². The Morgan fingerprint density at radius 3 is 2.43 bits per heavy atom. The minimum Gasteiger partial charge on any atom is -0.321 e. The van der Waals surface area contributed by atoms with Gasteiger partial charge in [-0.3, -0.25) is 14.4 Å². The number of nitrogens with zero attached hydrogens (tertiary/aromatic N) is 1. The van der Waals surface area contributed by atoms with Gasteiger partial charge < -0.3 is 16.0 Å². The maximum atomic E-state index is 13.6. The van der Waals surface area contributed by atoms with E-state index >= 15 is 0 Å². The molecule has 3 N–H and O–H groups in total. The number of thioether (sulfide) groups is 1. The number of carbonyl (C=O) groups excluding carboxylic acids is 3. The molecule has 5 aromatic rings. The van der Waals surface area contributed by atoms with Gasteiger partial charge >= 0.3 is 0 Å². The van der Waals surface area contributed by atoms with Crippen molar-refractivity contribution in [2.75, 3.05) is 10.6 Å². The molecule has 4 aromatic carbocycles. The molecule has 0 radical (unpaired) electrons. The van der Waals surface area contributed by atoms with Gasteiger partial charge in [-0.2, -0.15) is 0 Å². The summed E-state index contributed by atoms with van der Waals surface area (Å²) < 4.78 is 0. The summed E-state index contributed by atoms with van der Waals surface area (Å²) in [6, 6.07) is 28.7. The minimum atomic E-state index is -0.482. The summed E-state index contributed by atoms with van der Waals surface area (Å²) in [6.45, 7) is 3.87. The van der Waals surface area contributed by atoms with Crippen LogP contribution in [0.2, 0.25) is 10.0 Å². The number of hydrogen-bond donors (Lipinski definition) is 3. The van der Waals surface area contributed by atoms with Crippen molar-refractivity contribution >= 4 is 80.9 Å². The van der Waals surface area contributed by atoms with E-state index in [0.29, 0.717) is 38.5 Å². The van der Waals surface area contributed by atoms with Crippen LogP contribution in [0, 0.1) is 6.92 Å². The summed E-state index contributed by atoms with van der Waals surface area (Å²) in [6.07, 6.45) is 2.22. The number of aryl methyl sites for hydroxylation is 1. The van der Waals surface area contributed by atoms with Crippen molar-refractivity contribution in [3.63, 3.8) is 0 Å². The van der Waals surface area contributed by atoms with Crippen molar-refractivity contribution in [1.82, 2.24) is 10.3 Å². The van der Waals surface area contributed by atoms with Gasteiger partial charge in [0.25, 0.3) is 11.8 Å². The number of anilines is 2. The highest BCUT2D eigenvalue weighted by Crippen LogP contribution is 2.33. The highest BCUT2D eigenvalue weighted by molar-refractivity contribution is 8.00. The lowest BCUT2D eigenvalue weighted by atomic mass is 10.1. The number of hydrogen-bond acceptors (Lipinski definition) is 6. The lowest BCUT2D eigenvalue weighted by Gasteiger charge is -2.15. The Morgan fingerprint density at radius 1 is 0.915 bits per heavy atom. The molecule has 0 aliphatic heterocycles. The van der Waals surface area contributed by atoms with Gasteiger partial charge in [0.15, 0.2) is 5.13 Å². The molecule has 1 unspecified atom stereocenters. The fraction of sp³-hybridized carbons (Fsp3) is 0.111. The largest absolute Gasteiger partial charge is 0.321 e. The Balaban J connectivity index is 1.28. The number of aromatic nitrogens is 1. The lowest BCUT2D eigenvalue weighted by Crippen LogP contribution is -2.30. The zero-order valence-corrected chi connectivity index (χ0v) is 28.6. The van der Waals surface area contributed by atoms with Crippen LogP contribution in [0.25, 0.3) is 17.3 Å².